The molecule has 0 aromatic heterocycles. The van der Waals surface area contributed by atoms with Gasteiger partial charge in [0.05, 0.1) is 21.4 Å². The van der Waals surface area contributed by atoms with Gasteiger partial charge in [0.15, 0.2) is 0 Å². The average molecular weight is 293 g/mol. The molecule has 1 unspecified atom stereocenters. The topological polar surface area (TPSA) is 52.3 Å². The normalized spacial score (nSPS) is 12.1. The van der Waals surface area contributed by atoms with Crippen LogP contribution in [-0.4, -0.2) is 16.6 Å². The van der Waals surface area contributed by atoms with Gasteiger partial charge in [-0.15, -0.1) is 0 Å². The standard InChI is InChI=1S/C15H16FNO2S/c16-14-3-1-2-4-15(14)20(18)10-9-19-13-7-5-12(11-17)6-8-13/h1-8H,9-11,17H2. The van der Waals surface area contributed by atoms with Crippen LogP contribution in [0.25, 0.3) is 0 Å². The van der Waals surface area contributed by atoms with Crippen molar-refractivity contribution in [3.05, 3.63) is 59.9 Å². The lowest BCUT2D eigenvalue weighted by Gasteiger charge is -2.07. The minimum absolute atomic E-state index is 0.217. The summed E-state index contributed by atoms with van der Waals surface area (Å²) in [5, 5.41) is 0. The van der Waals surface area contributed by atoms with Crippen LogP contribution in [0, 0.1) is 5.82 Å². The van der Waals surface area contributed by atoms with E-state index in [1.54, 1.807) is 12.1 Å². The van der Waals surface area contributed by atoms with Crippen molar-refractivity contribution in [2.75, 3.05) is 12.4 Å². The van der Waals surface area contributed by atoms with Crippen LogP contribution in [0.15, 0.2) is 53.4 Å². The lowest BCUT2D eigenvalue weighted by Crippen LogP contribution is -2.09. The molecule has 0 aliphatic rings. The second-order valence-electron chi connectivity index (χ2n) is 4.18. The molecule has 3 nitrogen and oxygen atoms in total. The van der Waals surface area contributed by atoms with Gasteiger partial charge in [-0.1, -0.05) is 24.3 Å². The Morgan fingerprint density at radius 2 is 1.80 bits per heavy atom. The van der Waals surface area contributed by atoms with Crippen LogP contribution in [0.3, 0.4) is 0 Å². The third-order valence-corrected chi connectivity index (χ3v) is 4.14. The maximum Gasteiger partial charge on any atom is 0.139 e. The first-order chi connectivity index (χ1) is 9.70. The molecular weight excluding hydrogens is 277 g/mol. The zero-order valence-electron chi connectivity index (χ0n) is 10.9. The molecule has 2 aromatic rings. The number of rotatable bonds is 6. The molecule has 5 heteroatoms. The van der Waals surface area contributed by atoms with Crippen LogP contribution >= 0.6 is 0 Å². The van der Waals surface area contributed by atoms with Crippen molar-refractivity contribution < 1.29 is 13.3 Å². The average Bonchev–Trinajstić information content (AvgIpc) is 2.48. The Hall–Kier alpha value is -1.72. The van der Waals surface area contributed by atoms with E-state index in [9.17, 15) is 8.60 Å². The monoisotopic (exact) mass is 293 g/mol. The fraction of sp³-hybridized carbons (Fsp3) is 0.200. The van der Waals surface area contributed by atoms with Gasteiger partial charge in [-0.25, -0.2) is 4.39 Å². The lowest BCUT2D eigenvalue weighted by atomic mass is 10.2. The molecule has 0 aliphatic carbocycles. The fourth-order valence-electron chi connectivity index (χ4n) is 1.70. The first kappa shape index (κ1) is 14.7. The molecule has 106 valence electrons. The quantitative estimate of drug-likeness (QED) is 0.890. The van der Waals surface area contributed by atoms with Crippen LogP contribution in [-0.2, 0) is 17.3 Å². The molecule has 2 N–H and O–H groups in total. The largest absolute Gasteiger partial charge is 0.493 e. The first-order valence-corrected chi connectivity index (χ1v) is 7.57. The fourth-order valence-corrected chi connectivity index (χ4v) is 2.67. The molecule has 0 fully saturated rings. The summed E-state index contributed by atoms with van der Waals surface area (Å²) in [5.74, 6) is 0.491. The lowest BCUT2D eigenvalue weighted by molar-refractivity contribution is 0.342. The van der Waals surface area contributed by atoms with Gasteiger partial charge in [-0.05, 0) is 29.8 Å². The smallest absolute Gasteiger partial charge is 0.139 e. The summed E-state index contributed by atoms with van der Waals surface area (Å²) in [6.45, 7) is 0.750. The van der Waals surface area contributed by atoms with Gasteiger partial charge in [0.1, 0.15) is 18.2 Å². The third kappa shape index (κ3) is 3.88. The van der Waals surface area contributed by atoms with Gasteiger partial charge in [0.2, 0.25) is 0 Å². The van der Waals surface area contributed by atoms with Gasteiger partial charge in [0, 0.05) is 6.54 Å². The summed E-state index contributed by atoms with van der Waals surface area (Å²) in [7, 11) is -1.39. The predicted molar refractivity (Wildman–Crippen MR) is 77.5 cm³/mol. The Balaban J connectivity index is 1.86. The van der Waals surface area contributed by atoms with Crippen molar-refractivity contribution in [2.45, 2.75) is 11.4 Å². The molecule has 0 heterocycles. The third-order valence-electron chi connectivity index (χ3n) is 2.78. The SMILES string of the molecule is NCc1ccc(OCCS(=O)c2ccccc2F)cc1. The van der Waals surface area contributed by atoms with E-state index in [2.05, 4.69) is 0 Å². The van der Waals surface area contributed by atoms with Crippen LogP contribution in [0.1, 0.15) is 5.56 Å². The molecule has 20 heavy (non-hydrogen) atoms. The molecule has 0 saturated heterocycles. The molecular formula is C15H16FNO2S. The van der Waals surface area contributed by atoms with Gasteiger partial charge in [0.25, 0.3) is 0 Å². The van der Waals surface area contributed by atoms with Crippen LogP contribution in [0.5, 0.6) is 5.75 Å². The van der Waals surface area contributed by atoms with Gasteiger partial charge < -0.3 is 10.5 Å². The molecule has 0 aliphatic heterocycles. The number of hydrogen-bond acceptors (Lipinski definition) is 3. The van der Waals surface area contributed by atoms with Gasteiger partial charge in [-0.3, -0.25) is 4.21 Å². The van der Waals surface area contributed by atoms with Crippen molar-refractivity contribution >= 4 is 10.8 Å². The second kappa shape index (κ2) is 7.17. The molecule has 0 amide bonds. The van der Waals surface area contributed by atoms with Gasteiger partial charge in [-0.2, -0.15) is 0 Å². The summed E-state index contributed by atoms with van der Waals surface area (Å²) in [6.07, 6.45) is 0. The molecule has 1 atom stereocenters. The number of ether oxygens (including phenoxy) is 1. The molecule has 2 aromatic carbocycles. The highest BCUT2D eigenvalue weighted by molar-refractivity contribution is 7.85. The Kier molecular flexibility index (Phi) is 5.26. The van der Waals surface area contributed by atoms with E-state index in [-0.39, 0.29) is 17.3 Å². The van der Waals surface area contributed by atoms with E-state index < -0.39 is 16.6 Å². The van der Waals surface area contributed by atoms with E-state index in [4.69, 9.17) is 10.5 Å². The summed E-state index contributed by atoms with van der Waals surface area (Å²) in [5.41, 5.74) is 6.52. The number of halogens is 1. The summed E-state index contributed by atoms with van der Waals surface area (Å²) < 4.78 is 30.8. The minimum atomic E-state index is -1.39. The maximum absolute atomic E-state index is 13.4. The number of hydrogen-bond donors (Lipinski definition) is 1. The van der Waals surface area contributed by atoms with Crippen molar-refractivity contribution in [1.82, 2.24) is 0 Å². The maximum atomic E-state index is 13.4. The predicted octanol–water partition coefficient (Wildman–Crippen LogP) is 2.47. The van der Waals surface area contributed by atoms with Gasteiger partial charge >= 0.3 is 0 Å². The zero-order chi connectivity index (χ0) is 14.4. The van der Waals surface area contributed by atoms with E-state index >= 15 is 0 Å². The van der Waals surface area contributed by atoms with Crippen molar-refractivity contribution in [2.24, 2.45) is 5.73 Å². The Morgan fingerprint density at radius 1 is 1.10 bits per heavy atom. The Labute approximate surface area is 120 Å². The number of nitrogens with two attached hydrogens (primary N) is 1. The van der Waals surface area contributed by atoms with Crippen molar-refractivity contribution in [3.63, 3.8) is 0 Å². The van der Waals surface area contributed by atoms with E-state index in [0.29, 0.717) is 12.3 Å². The van der Waals surface area contributed by atoms with E-state index in [1.165, 1.54) is 12.1 Å². The molecule has 2 rings (SSSR count). The molecule has 0 radical (unpaired) electrons. The first-order valence-electron chi connectivity index (χ1n) is 6.25. The summed E-state index contributed by atoms with van der Waals surface area (Å²) in [6, 6.07) is 13.5. The highest BCUT2D eigenvalue weighted by Crippen LogP contribution is 2.14. The molecule has 0 saturated carbocycles. The minimum Gasteiger partial charge on any atom is -0.493 e. The number of benzene rings is 2. The molecule has 0 spiro atoms. The highest BCUT2D eigenvalue weighted by atomic mass is 32.2. The van der Waals surface area contributed by atoms with Crippen LogP contribution < -0.4 is 10.5 Å². The Morgan fingerprint density at radius 3 is 2.45 bits per heavy atom. The van der Waals surface area contributed by atoms with Crippen LogP contribution in [0.2, 0.25) is 0 Å². The van der Waals surface area contributed by atoms with Crippen molar-refractivity contribution in [3.8, 4) is 5.75 Å². The highest BCUT2D eigenvalue weighted by Gasteiger charge is 2.09. The molecule has 0 bridgehead atoms. The summed E-state index contributed by atoms with van der Waals surface area (Å²) >= 11 is 0. The Bertz CT molecular complexity index is 587. The second-order valence-corrected chi connectivity index (χ2v) is 5.72. The van der Waals surface area contributed by atoms with Crippen LogP contribution in [0.4, 0.5) is 4.39 Å². The van der Waals surface area contributed by atoms with E-state index in [0.717, 1.165) is 5.56 Å². The summed E-state index contributed by atoms with van der Waals surface area (Å²) in [4.78, 5) is 0.217. The zero-order valence-corrected chi connectivity index (χ0v) is 11.7. The van der Waals surface area contributed by atoms with Crippen molar-refractivity contribution in [1.29, 1.82) is 0 Å². The van der Waals surface area contributed by atoms with E-state index in [1.807, 2.05) is 24.3 Å².